The molecule has 2 aromatic rings. The van der Waals surface area contributed by atoms with Gasteiger partial charge in [0.15, 0.2) is 0 Å². The Labute approximate surface area is 143 Å². The zero-order chi connectivity index (χ0) is 17.2. The van der Waals surface area contributed by atoms with Crippen LogP contribution >= 0.6 is 0 Å². The number of carbonyl (C=O) groups excluding carboxylic acids is 1. The Morgan fingerprint density at radius 1 is 1.04 bits per heavy atom. The molecule has 24 heavy (non-hydrogen) atoms. The Balaban J connectivity index is 1.99. The first-order valence-electron chi connectivity index (χ1n) is 8.06. The summed E-state index contributed by atoms with van der Waals surface area (Å²) in [5, 5.41) is 6.24. The first kappa shape index (κ1) is 18.0. The van der Waals surface area contributed by atoms with Gasteiger partial charge in [-0.15, -0.1) is 0 Å². The number of ether oxygens (including phenoxy) is 2. The van der Waals surface area contributed by atoms with E-state index >= 15 is 0 Å². The lowest BCUT2D eigenvalue weighted by atomic mass is 10.1. The van der Waals surface area contributed by atoms with Crippen LogP contribution in [-0.2, 0) is 11.3 Å². The second kappa shape index (κ2) is 9.70. The van der Waals surface area contributed by atoms with Crippen molar-refractivity contribution in [2.75, 3.05) is 32.2 Å². The Kier molecular flexibility index (Phi) is 7.26. The van der Waals surface area contributed by atoms with Gasteiger partial charge in [0.2, 0.25) is 0 Å². The highest BCUT2D eigenvalue weighted by molar-refractivity contribution is 6.04. The predicted octanol–water partition coefficient (Wildman–Crippen LogP) is 3.07. The van der Waals surface area contributed by atoms with Crippen molar-refractivity contribution in [3.63, 3.8) is 0 Å². The summed E-state index contributed by atoms with van der Waals surface area (Å²) in [4.78, 5) is 12.4. The molecule has 128 valence electrons. The molecular formula is C19H24N2O3. The Morgan fingerprint density at radius 3 is 2.50 bits per heavy atom. The predicted molar refractivity (Wildman–Crippen MR) is 95.6 cm³/mol. The van der Waals surface area contributed by atoms with Crippen molar-refractivity contribution in [3.05, 3.63) is 59.7 Å². The average Bonchev–Trinajstić information content (AvgIpc) is 2.62. The molecule has 0 saturated carbocycles. The van der Waals surface area contributed by atoms with Crippen LogP contribution in [-0.4, -0.2) is 32.8 Å². The molecule has 2 N–H and O–H groups in total. The van der Waals surface area contributed by atoms with Crippen molar-refractivity contribution in [2.24, 2.45) is 0 Å². The van der Waals surface area contributed by atoms with Gasteiger partial charge < -0.3 is 20.1 Å². The number of para-hydroxylation sites is 1. The van der Waals surface area contributed by atoms with Gasteiger partial charge in [-0.25, -0.2) is 0 Å². The van der Waals surface area contributed by atoms with Crippen LogP contribution < -0.4 is 15.4 Å². The van der Waals surface area contributed by atoms with Crippen molar-refractivity contribution in [3.8, 4) is 5.75 Å². The van der Waals surface area contributed by atoms with E-state index in [2.05, 4.69) is 17.6 Å². The van der Waals surface area contributed by atoms with Gasteiger partial charge in [-0.3, -0.25) is 4.79 Å². The van der Waals surface area contributed by atoms with Gasteiger partial charge >= 0.3 is 0 Å². The summed E-state index contributed by atoms with van der Waals surface area (Å²) in [7, 11) is 1.63. The molecule has 5 nitrogen and oxygen atoms in total. The Bertz CT molecular complexity index is 641. The van der Waals surface area contributed by atoms with E-state index in [1.54, 1.807) is 31.4 Å². The minimum Gasteiger partial charge on any atom is -0.491 e. The summed E-state index contributed by atoms with van der Waals surface area (Å²) < 4.78 is 10.4. The maximum absolute atomic E-state index is 12.4. The van der Waals surface area contributed by atoms with Gasteiger partial charge in [-0.05, 0) is 42.4 Å². The number of anilines is 1. The van der Waals surface area contributed by atoms with Gasteiger partial charge in [0.05, 0.1) is 6.61 Å². The van der Waals surface area contributed by atoms with E-state index in [0.717, 1.165) is 30.1 Å². The van der Waals surface area contributed by atoms with E-state index in [1.165, 1.54) is 0 Å². The molecule has 1 amide bonds. The Hall–Kier alpha value is -2.37. The zero-order valence-electron chi connectivity index (χ0n) is 14.2. The highest BCUT2D eigenvalue weighted by atomic mass is 16.5. The lowest BCUT2D eigenvalue weighted by Gasteiger charge is -2.12. The zero-order valence-corrected chi connectivity index (χ0v) is 14.2. The molecule has 0 aliphatic rings. The molecule has 2 aromatic carbocycles. The molecule has 0 radical (unpaired) electrons. The SMILES string of the molecule is CCNCc1ccccc1NC(=O)c1ccc(OCCOC)cc1. The number of nitrogens with one attached hydrogen (secondary N) is 2. The van der Waals surface area contributed by atoms with Gasteiger partial charge in [0.1, 0.15) is 12.4 Å². The van der Waals surface area contributed by atoms with Crippen LogP contribution in [0.15, 0.2) is 48.5 Å². The lowest BCUT2D eigenvalue weighted by molar-refractivity contribution is 0.102. The first-order valence-corrected chi connectivity index (χ1v) is 8.06. The largest absolute Gasteiger partial charge is 0.491 e. The van der Waals surface area contributed by atoms with Crippen LogP contribution in [0.3, 0.4) is 0 Å². The number of hydrogen-bond acceptors (Lipinski definition) is 4. The third-order valence-corrected chi connectivity index (χ3v) is 3.50. The summed E-state index contributed by atoms with van der Waals surface area (Å²) in [6, 6.07) is 14.9. The molecule has 5 heteroatoms. The van der Waals surface area contributed by atoms with E-state index in [0.29, 0.717) is 18.8 Å². The monoisotopic (exact) mass is 328 g/mol. The van der Waals surface area contributed by atoms with Crippen LogP contribution in [0, 0.1) is 0 Å². The number of rotatable bonds is 9. The minimum absolute atomic E-state index is 0.137. The molecule has 2 rings (SSSR count). The summed E-state index contributed by atoms with van der Waals surface area (Å²) in [6.45, 7) is 4.67. The first-order chi connectivity index (χ1) is 11.7. The third-order valence-electron chi connectivity index (χ3n) is 3.50. The normalized spacial score (nSPS) is 10.4. The fourth-order valence-electron chi connectivity index (χ4n) is 2.20. The average molecular weight is 328 g/mol. The van der Waals surface area contributed by atoms with Crippen molar-refractivity contribution in [1.82, 2.24) is 5.32 Å². The molecule has 0 atom stereocenters. The number of carbonyl (C=O) groups is 1. The smallest absolute Gasteiger partial charge is 0.255 e. The summed E-state index contributed by atoms with van der Waals surface area (Å²) >= 11 is 0. The highest BCUT2D eigenvalue weighted by Crippen LogP contribution is 2.17. The molecular weight excluding hydrogens is 304 g/mol. The number of hydrogen-bond donors (Lipinski definition) is 2. The topological polar surface area (TPSA) is 59.6 Å². The number of benzene rings is 2. The Morgan fingerprint density at radius 2 is 1.79 bits per heavy atom. The summed E-state index contributed by atoms with van der Waals surface area (Å²) in [5.41, 5.74) is 2.48. The molecule has 0 aliphatic carbocycles. The fourth-order valence-corrected chi connectivity index (χ4v) is 2.20. The van der Waals surface area contributed by atoms with Crippen molar-refractivity contribution >= 4 is 11.6 Å². The van der Waals surface area contributed by atoms with Crippen molar-refractivity contribution < 1.29 is 14.3 Å². The molecule has 0 unspecified atom stereocenters. The van der Waals surface area contributed by atoms with E-state index in [-0.39, 0.29) is 5.91 Å². The molecule has 0 aromatic heterocycles. The quantitative estimate of drug-likeness (QED) is 0.695. The van der Waals surface area contributed by atoms with Gasteiger partial charge in [0, 0.05) is 24.9 Å². The molecule has 0 fully saturated rings. The van der Waals surface area contributed by atoms with Gasteiger partial charge in [-0.2, -0.15) is 0 Å². The maximum Gasteiger partial charge on any atom is 0.255 e. The minimum atomic E-state index is -0.137. The second-order valence-corrected chi connectivity index (χ2v) is 5.26. The molecule has 0 heterocycles. The van der Waals surface area contributed by atoms with Crippen LogP contribution in [0.5, 0.6) is 5.75 Å². The van der Waals surface area contributed by atoms with E-state index in [4.69, 9.17) is 9.47 Å². The molecule has 0 saturated heterocycles. The van der Waals surface area contributed by atoms with E-state index in [1.807, 2.05) is 24.3 Å². The number of methoxy groups -OCH3 is 1. The third kappa shape index (κ3) is 5.37. The second-order valence-electron chi connectivity index (χ2n) is 5.26. The number of amides is 1. The van der Waals surface area contributed by atoms with Crippen LogP contribution in [0.2, 0.25) is 0 Å². The van der Waals surface area contributed by atoms with Crippen molar-refractivity contribution in [1.29, 1.82) is 0 Å². The highest BCUT2D eigenvalue weighted by Gasteiger charge is 2.09. The fraction of sp³-hybridized carbons (Fsp3) is 0.316. The molecule has 0 spiro atoms. The molecule has 0 aliphatic heterocycles. The summed E-state index contributed by atoms with van der Waals surface area (Å²) in [5.74, 6) is 0.582. The van der Waals surface area contributed by atoms with Gasteiger partial charge in [-0.1, -0.05) is 25.1 Å². The standard InChI is InChI=1S/C19H24N2O3/c1-3-20-14-16-6-4-5-7-18(16)21-19(22)15-8-10-17(11-9-15)24-13-12-23-2/h4-11,20H,3,12-14H2,1-2H3,(H,21,22). The van der Waals surface area contributed by atoms with Crippen LogP contribution in [0.1, 0.15) is 22.8 Å². The van der Waals surface area contributed by atoms with E-state index in [9.17, 15) is 4.79 Å². The summed E-state index contributed by atoms with van der Waals surface area (Å²) in [6.07, 6.45) is 0. The maximum atomic E-state index is 12.4. The van der Waals surface area contributed by atoms with Gasteiger partial charge in [0.25, 0.3) is 5.91 Å². The van der Waals surface area contributed by atoms with Crippen LogP contribution in [0.4, 0.5) is 5.69 Å². The van der Waals surface area contributed by atoms with Crippen LogP contribution in [0.25, 0.3) is 0 Å². The molecule has 0 bridgehead atoms. The lowest BCUT2D eigenvalue weighted by Crippen LogP contribution is -2.17. The van der Waals surface area contributed by atoms with E-state index < -0.39 is 0 Å². The van der Waals surface area contributed by atoms with Crippen molar-refractivity contribution in [2.45, 2.75) is 13.5 Å².